The van der Waals surface area contributed by atoms with Gasteiger partial charge in [-0.15, -0.1) is 5.10 Å². The van der Waals surface area contributed by atoms with Crippen molar-refractivity contribution >= 4 is 33.2 Å². The van der Waals surface area contributed by atoms with Gasteiger partial charge in [-0.25, -0.2) is 17.5 Å². The highest BCUT2D eigenvalue weighted by Crippen LogP contribution is 2.29. The largest absolute Gasteiger partial charge is 0.349 e. The Hall–Kier alpha value is -2.98. The summed E-state index contributed by atoms with van der Waals surface area (Å²) in [4.78, 5) is 12.5. The van der Waals surface area contributed by atoms with Crippen LogP contribution < -0.4 is 9.62 Å². The number of nitrogens with one attached hydrogen (secondary N) is 1. The molecule has 4 rings (SSSR count). The number of fused-ring (bicyclic) bond motifs is 1. The van der Waals surface area contributed by atoms with Gasteiger partial charge in [-0.2, -0.15) is 0 Å². The van der Waals surface area contributed by atoms with Crippen molar-refractivity contribution < 1.29 is 17.6 Å². The minimum Gasteiger partial charge on any atom is -0.349 e. The fourth-order valence-corrected chi connectivity index (χ4v) is 5.09. The lowest BCUT2D eigenvalue weighted by atomic mass is 10.2. The summed E-state index contributed by atoms with van der Waals surface area (Å²) in [6, 6.07) is 11.4. The summed E-state index contributed by atoms with van der Waals surface area (Å²) in [6.07, 6.45) is 0.664. The van der Waals surface area contributed by atoms with Crippen LogP contribution in [0.4, 0.5) is 10.1 Å². The van der Waals surface area contributed by atoms with Crippen molar-refractivity contribution in [2.45, 2.75) is 13.3 Å². The molecule has 0 saturated heterocycles. The molecule has 0 unspecified atom stereocenters. The van der Waals surface area contributed by atoms with Crippen LogP contribution in [0.5, 0.6) is 0 Å². The van der Waals surface area contributed by atoms with Gasteiger partial charge in [0.15, 0.2) is 5.69 Å². The summed E-state index contributed by atoms with van der Waals surface area (Å²) in [5.74, 6) is -1.36. The van der Waals surface area contributed by atoms with E-state index in [4.69, 9.17) is 11.6 Å². The zero-order valence-corrected chi connectivity index (χ0v) is 18.1. The summed E-state index contributed by atoms with van der Waals surface area (Å²) < 4.78 is 41.6. The number of anilines is 1. The van der Waals surface area contributed by atoms with Gasteiger partial charge in [0.2, 0.25) is 10.0 Å². The van der Waals surface area contributed by atoms with Crippen molar-refractivity contribution in [3.8, 4) is 5.69 Å². The lowest BCUT2D eigenvalue weighted by Crippen LogP contribution is -2.37. The van der Waals surface area contributed by atoms with Crippen LogP contribution in [0.2, 0.25) is 5.02 Å². The fourth-order valence-electron chi connectivity index (χ4n) is 3.49. The van der Waals surface area contributed by atoms with Crippen molar-refractivity contribution in [3.63, 3.8) is 0 Å². The molecule has 0 saturated carbocycles. The van der Waals surface area contributed by atoms with Gasteiger partial charge in [0.1, 0.15) is 5.82 Å². The number of hydrogen-bond acceptors (Lipinski definition) is 5. The number of rotatable bonds is 6. The van der Waals surface area contributed by atoms with Crippen molar-refractivity contribution in [2.75, 3.05) is 23.1 Å². The van der Waals surface area contributed by atoms with Crippen LogP contribution in [-0.4, -0.2) is 48.2 Å². The van der Waals surface area contributed by atoms with E-state index in [0.717, 1.165) is 5.56 Å². The molecule has 0 bridgehead atoms. The first kappa shape index (κ1) is 21.3. The number of halogens is 2. The zero-order chi connectivity index (χ0) is 22.2. The monoisotopic (exact) mass is 463 g/mol. The summed E-state index contributed by atoms with van der Waals surface area (Å²) >= 11 is 5.81. The molecule has 11 heteroatoms. The van der Waals surface area contributed by atoms with E-state index in [1.807, 2.05) is 12.1 Å². The molecule has 8 nitrogen and oxygen atoms in total. The van der Waals surface area contributed by atoms with E-state index < -0.39 is 21.7 Å². The molecule has 2 heterocycles. The summed E-state index contributed by atoms with van der Waals surface area (Å²) in [6.45, 7) is 1.95. The summed E-state index contributed by atoms with van der Waals surface area (Å²) in [7, 11) is -3.58. The van der Waals surface area contributed by atoms with Crippen molar-refractivity contribution in [1.82, 2.24) is 20.3 Å². The minimum absolute atomic E-state index is 0.0457. The van der Waals surface area contributed by atoms with Crippen LogP contribution in [0, 0.1) is 12.7 Å². The van der Waals surface area contributed by atoms with E-state index in [1.54, 1.807) is 19.1 Å². The number of nitrogens with zero attached hydrogens (tertiary/aromatic N) is 4. The van der Waals surface area contributed by atoms with Crippen LogP contribution in [0.15, 0.2) is 42.5 Å². The molecule has 1 aliphatic heterocycles. The van der Waals surface area contributed by atoms with Gasteiger partial charge in [0, 0.05) is 13.1 Å². The van der Waals surface area contributed by atoms with E-state index in [-0.39, 0.29) is 23.0 Å². The highest BCUT2D eigenvalue weighted by atomic mass is 35.5. The maximum atomic E-state index is 13.4. The van der Waals surface area contributed by atoms with Gasteiger partial charge in [-0.05, 0) is 43.2 Å². The summed E-state index contributed by atoms with van der Waals surface area (Å²) in [5.41, 5.74) is 2.58. The third-order valence-corrected chi connectivity index (χ3v) is 7.14. The van der Waals surface area contributed by atoms with Gasteiger partial charge in [-0.3, -0.25) is 9.10 Å². The maximum absolute atomic E-state index is 13.4. The van der Waals surface area contributed by atoms with Gasteiger partial charge in [0.05, 0.1) is 27.8 Å². The molecule has 162 valence electrons. The average molecular weight is 464 g/mol. The Morgan fingerprint density at radius 2 is 2.03 bits per heavy atom. The van der Waals surface area contributed by atoms with E-state index in [0.29, 0.717) is 30.0 Å². The molecular weight excluding hydrogens is 445 g/mol. The van der Waals surface area contributed by atoms with E-state index in [2.05, 4.69) is 15.6 Å². The first-order valence-electron chi connectivity index (χ1n) is 9.52. The quantitative estimate of drug-likeness (QED) is 0.605. The Morgan fingerprint density at radius 1 is 1.26 bits per heavy atom. The Bertz CT molecular complexity index is 1260. The highest BCUT2D eigenvalue weighted by molar-refractivity contribution is 7.92. The third kappa shape index (κ3) is 4.13. The molecular formula is C20H19ClFN5O3S. The number of sulfonamides is 1. The second kappa shape index (κ2) is 8.27. The van der Waals surface area contributed by atoms with E-state index >= 15 is 0 Å². The molecule has 1 aliphatic rings. The minimum atomic E-state index is -3.58. The van der Waals surface area contributed by atoms with Crippen LogP contribution in [0.3, 0.4) is 0 Å². The number of carbonyl (C=O) groups is 1. The average Bonchev–Trinajstić information content (AvgIpc) is 3.34. The number of benzene rings is 2. The highest BCUT2D eigenvalue weighted by Gasteiger charge is 2.29. The third-order valence-electron chi connectivity index (χ3n) is 5.08. The molecule has 1 aromatic heterocycles. The molecule has 2 aromatic carbocycles. The molecule has 1 amide bonds. The van der Waals surface area contributed by atoms with E-state index in [9.17, 15) is 17.6 Å². The van der Waals surface area contributed by atoms with Crippen molar-refractivity contribution in [3.05, 3.63) is 70.3 Å². The molecule has 0 aliphatic carbocycles. The van der Waals surface area contributed by atoms with Gasteiger partial charge in [0.25, 0.3) is 5.91 Å². The van der Waals surface area contributed by atoms with Gasteiger partial charge >= 0.3 is 0 Å². The lowest BCUT2D eigenvalue weighted by molar-refractivity contribution is 0.0950. The Labute approximate surface area is 183 Å². The fraction of sp³-hybridized carbons (Fsp3) is 0.250. The predicted molar refractivity (Wildman–Crippen MR) is 115 cm³/mol. The Kier molecular flexibility index (Phi) is 5.67. The standard InChI is InChI=1S/C20H19ClFN5O3S/c1-13-19(24-25-27(13)15-6-7-17(22)16(21)12-15)20(28)23-9-11-31(29,30)26-10-8-14-4-2-3-5-18(14)26/h2-7,12H,8-11H2,1H3,(H,23,28). The number of aromatic nitrogens is 3. The number of carbonyl (C=O) groups excluding carboxylic acids is 1. The first-order chi connectivity index (χ1) is 14.8. The first-order valence-corrected chi connectivity index (χ1v) is 11.5. The van der Waals surface area contributed by atoms with Crippen molar-refractivity contribution in [2.24, 2.45) is 0 Å². The summed E-state index contributed by atoms with van der Waals surface area (Å²) in [5, 5.41) is 10.3. The second-order valence-electron chi connectivity index (χ2n) is 7.06. The molecule has 31 heavy (non-hydrogen) atoms. The molecule has 0 atom stereocenters. The number of para-hydroxylation sites is 1. The molecule has 0 fully saturated rings. The Morgan fingerprint density at radius 3 is 2.81 bits per heavy atom. The molecule has 1 N–H and O–H groups in total. The van der Waals surface area contributed by atoms with Gasteiger partial charge in [-0.1, -0.05) is 35.0 Å². The SMILES string of the molecule is Cc1c(C(=O)NCCS(=O)(=O)N2CCc3ccccc32)nnn1-c1ccc(F)c(Cl)c1. The van der Waals surface area contributed by atoms with Crippen LogP contribution >= 0.6 is 11.6 Å². The van der Waals surface area contributed by atoms with Crippen LogP contribution in [0.25, 0.3) is 5.69 Å². The topological polar surface area (TPSA) is 97.2 Å². The number of hydrogen-bond donors (Lipinski definition) is 1. The van der Waals surface area contributed by atoms with Gasteiger partial charge < -0.3 is 5.32 Å². The maximum Gasteiger partial charge on any atom is 0.273 e. The second-order valence-corrected chi connectivity index (χ2v) is 9.48. The molecule has 3 aromatic rings. The normalized spacial score (nSPS) is 13.3. The van der Waals surface area contributed by atoms with Crippen molar-refractivity contribution in [1.29, 1.82) is 0 Å². The lowest BCUT2D eigenvalue weighted by Gasteiger charge is -2.19. The zero-order valence-electron chi connectivity index (χ0n) is 16.5. The Balaban J connectivity index is 1.42. The van der Waals surface area contributed by atoms with Crippen LogP contribution in [-0.2, 0) is 16.4 Å². The molecule has 0 radical (unpaired) electrons. The smallest absolute Gasteiger partial charge is 0.273 e. The predicted octanol–water partition coefficient (Wildman–Crippen LogP) is 2.49. The van der Waals surface area contributed by atoms with Crippen LogP contribution in [0.1, 0.15) is 21.7 Å². The number of amides is 1. The van der Waals surface area contributed by atoms with E-state index in [1.165, 1.54) is 27.2 Å². The molecule has 0 spiro atoms.